The van der Waals surface area contributed by atoms with Crippen LogP contribution in [0.5, 0.6) is 0 Å². The van der Waals surface area contributed by atoms with Crippen LogP contribution >= 0.6 is 11.8 Å². The number of benzene rings is 2. The van der Waals surface area contributed by atoms with Crippen LogP contribution in [0, 0.1) is 0 Å². The van der Waals surface area contributed by atoms with E-state index in [1.165, 1.54) is 43.0 Å². The Morgan fingerprint density at radius 3 is 2.50 bits per heavy atom. The van der Waals surface area contributed by atoms with Crippen molar-refractivity contribution >= 4 is 45.0 Å². The third-order valence-electron chi connectivity index (χ3n) is 4.38. The molecule has 0 aliphatic heterocycles. The summed E-state index contributed by atoms with van der Waals surface area (Å²) in [5, 5.41) is 5.40. The second-order valence-corrected chi connectivity index (χ2v) is 9.27. The Hall–Kier alpha value is -3.37. The van der Waals surface area contributed by atoms with E-state index in [1.54, 1.807) is 36.7 Å². The van der Waals surface area contributed by atoms with Gasteiger partial charge in [0.15, 0.2) is 0 Å². The molecule has 0 bridgehead atoms. The monoisotopic (exact) mass is 470 g/mol. The fraction of sp³-hybridized carbons (Fsp3) is 0.136. The van der Waals surface area contributed by atoms with Crippen LogP contribution in [0.25, 0.3) is 0 Å². The van der Waals surface area contributed by atoms with Gasteiger partial charge in [0.05, 0.1) is 21.8 Å². The molecule has 10 heteroatoms. The average Bonchev–Trinajstić information content (AvgIpc) is 2.78. The average molecular weight is 471 g/mol. The lowest BCUT2D eigenvalue weighted by atomic mass is 10.1. The minimum absolute atomic E-state index is 0.0374. The number of sulfonamides is 1. The van der Waals surface area contributed by atoms with Crippen LogP contribution in [0.1, 0.15) is 22.8 Å². The second kappa shape index (κ2) is 10.3. The molecule has 2 amide bonds. The number of para-hydroxylation sites is 1. The number of amides is 2. The van der Waals surface area contributed by atoms with E-state index in [-0.39, 0.29) is 28.6 Å². The lowest BCUT2D eigenvalue weighted by Gasteiger charge is -2.14. The number of nitrogens with zero attached hydrogens (tertiary/aromatic N) is 1. The molecule has 0 aliphatic rings. The van der Waals surface area contributed by atoms with Crippen LogP contribution < -0.4 is 15.4 Å². The Kier molecular flexibility index (Phi) is 7.49. The van der Waals surface area contributed by atoms with Gasteiger partial charge in [-0.3, -0.25) is 19.3 Å². The van der Waals surface area contributed by atoms with Gasteiger partial charge in [-0.25, -0.2) is 8.42 Å². The molecule has 0 fully saturated rings. The topological polar surface area (TPSA) is 117 Å². The van der Waals surface area contributed by atoms with E-state index < -0.39 is 15.9 Å². The first-order valence-corrected chi connectivity index (χ1v) is 12.3. The lowest BCUT2D eigenvalue weighted by molar-refractivity contribution is -0.114. The minimum Gasteiger partial charge on any atom is -0.348 e. The highest BCUT2D eigenvalue weighted by Gasteiger charge is 2.20. The zero-order valence-electron chi connectivity index (χ0n) is 17.5. The van der Waals surface area contributed by atoms with E-state index in [2.05, 4.69) is 20.3 Å². The Morgan fingerprint density at radius 1 is 1.03 bits per heavy atom. The maximum Gasteiger partial charge on any atom is 0.261 e. The summed E-state index contributed by atoms with van der Waals surface area (Å²) in [6, 6.07) is 14.4. The van der Waals surface area contributed by atoms with Gasteiger partial charge < -0.3 is 10.6 Å². The number of rotatable bonds is 8. The number of anilines is 2. The van der Waals surface area contributed by atoms with Gasteiger partial charge in [-0.2, -0.15) is 0 Å². The van der Waals surface area contributed by atoms with E-state index >= 15 is 0 Å². The smallest absolute Gasteiger partial charge is 0.261 e. The van der Waals surface area contributed by atoms with E-state index in [1.807, 2.05) is 12.3 Å². The number of carbonyl (C=O) groups is 2. The van der Waals surface area contributed by atoms with Crippen molar-refractivity contribution in [3.63, 3.8) is 0 Å². The van der Waals surface area contributed by atoms with Crippen molar-refractivity contribution in [1.82, 2.24) is 10.3 Å². The van der Waals surface area contributed by atoms with Crippen LogP contribution in [0.2, 0.25) is 0 Å². The molecule has 32 heavy (non-hydrogen) atoms. The summed E-state index contributed by atoms with van der Waals surface area (Å²) < 4.78 is 28.5. The molecule has 0 saturated heterocycles. The van der Waals surface area contributed by atoms with Crippen molar-refractivity contribution in [1.29, 1.82) is 0 Å². The van der Waals surface area contributed by atoms with Gasteiger partial charge in [-0.15, -0.1) is 11.8 Å². The van der Waals surface area contributed by atoms with Crippen LogP contribution in [-0.2, 0) is 21.4 Å². The predicted octanol–water partition coefficient (Wildman–Crippen LogP) is 3.49. The predicted molar refractivity (Wildman–Crippen MR) is 125 cm³/mol. The van der Waals surface area contributed by atoms with Crippen molar-refractivity contribution in [3.05, 3.63) is 78.1 Å². The van der Waals surface area contributed by atoms with Gasteiger partial charge in [0.2, 0.25) is 5.91 Å². The molecular weight excluding hydrogens is 448 g/mol. The number of pyridine rings is 1. The highest BCUT2D eigenvalue weighted by Crippen LogP contribution is 2.29. The fourth-order valence-corrected chi connectivity index (χ4v) is 4.54. The van der Waals surface area contributed by atoms with Gasteiger partial charge in [-0.05, 0) is 48.2 Å². The number of carbonyl (C=O) groups excluding carboxylic acids is 2. The van der Waals surface area contributed by atoms with Gasteiger partial charge >= 0.3 is 0 Å². The van der Waals surface area contributed by atoms with Gasteiger partial charge in [0.1, 0.15) is 0 Å². The summed E-state index contributed by atoms with van der Waals surface area (Å²) in [6.45, 7) is 1.61. The first kappa shape index (κ1) is 23.3. The molecule has 166 valence electrons. The number of nitrogens with one attached hydrogen (secondary N) is 3. The third-order valence-corrected chi connectivity index (χ3v) is 6.54. The Balaban J connectivity index is 1.84. The molecule has 3 aromatic rings. The van der Waals surface area contributed by atoms with Crippen molar-refractivity contribution in [2.45, 2.75) is 23.3 Å². The molecule has 0 atom stereocenters. The fourth-order valence-electron chi connectivity index (χ4n) is 2.90. The largest absolute Gasteiger partial charge is 0.348 e. The second-order valence-electron chi connectivity index (χ2n) is 6.74. The SMILES string of the molecule is CSc1ccc(S(=O)(=O)Nc2ccccc2C(=O)NCc2cccnc2)cc1NC(C)=O. The zero-order chi connectivity index (χ0) is 23.1. The molecular formula is C22H22N4O4S2. The highest BCUT2D eigenvalue weighted by atomic mass is 32.2. The number of thioether (sulfide) groups is 1. The number of aromatic nitrogens is 1. The van der Waals surface area contributed by atoms with Gasteiger partial charge in [0.25, 0.3) is 15.9 Å². The standard InChI is InChI=1S/C22H22N4O4S2/c1-15(27)25-20-12-17(9-10-21(20)31-2)32(29,30)26-19-8-4-3-7-18(19)22(28)24-14-16-6-5-11-23-13-16/h3-13,26H,14H2,1-2H3,(H,24,28)(H,25,27). The normalized spacial score (nSPS) is 10.9. The molecule has 8 nitrogen and oxygen atoms in total. The zero-order valence-corrected chi connectivity index (χ0v) is 19.1. The van der Waals surface area contributed by atoms with E-state index in [9.17, 15) is 18.0 Å². The quantitative estimate of drug-likeness (QED) is 0.434. The summed E-state index contributed by atoms with van der Waals surface area (Å²) in [5.41, 5.74) is 1.54. The maximum atomic E-state index is 13.0. The molecule has 2 aromatic carbocycles. The Labute approximate surface area is 190 Å². The van der Waals surface area contributed by atoms with Crippen LogP contribution in [0.15, 0.2) is 76.8 Å². The minimum atomic E-state index is -4.02. The Bertz CT molecular complexity index is 1230. The van der Waals surface area contributed by atoms with Crippen molar-refractivity contribution in [2.75, 3.05) is 16.3 Å². The van der Waals surface area contributed by atoms with Crippen molar-refractivity contribution in [2.24, 2.45) is 0 Å². The number of hydrogen-bond donors (Lipinski definition) is 3. The molecule has 1 aromatic heterocycles. The van der Waals surface area contributed by atoms with E-state index in [0.717, 1.165) is 10.5 Å². The van der Waals surface area contributed by atoms with Gasteiger partial charge in [0, 0.05) is 30.8 Å². The molecule has 0 spiro atoms. The lowest BCUT2D eigenvalue weighted by Crippen LogP contribution is -2.25. The van der Waals surface area contributed by atoms with Crippen molar-refractivity contribution < 1.29 is 18.0 Å². The highest BCUT2D eigenvalue weighted by molar-refractivity contribution is 7.98. The molecule has 0 radical (unpaired) electrons. The molecule has 0 unspecified atom stereocenters. The molecule has 3 N–H and O–H groups in total. The van der Waals surface area contributed by atoms with E-state index in [0.29, 0.717) is 5.69 Å². The van der Waals surface area contributed by atoms with Crippen LogP contribution in [-0.4, -0.2) is 31.5 Å². The molecule has 0 aliphatic carbocycles. The first-order valence-electron chi connectivity index (χ1n) is 9.55. The number of hydrogen-bond acceptors (Lipinski definition) is 6. The molecule has 0 saturated carbocycles. The van der Waals surface area contributed by atoms with Crippen LogP contribution in [0.3, 0.4) is 0 Å². The van der Waals surface area contributed by atoms with Gasteiger partial charge in [-0.1, -0.05) is 18.2 Å². The summed E-state index contributed by atoms with van der Waals surface area (Å²) >= 11 is 1.38. The summed E-state index contributed by atoms with van der Waals surface area (Å²) in [7, 11) is -4.02. The van der Waals surface area contributed by atoms with Crippen LogP contribution in [0.4, 0.5) is 11.4 Å². The summed E-state index contributed by atoms with van der Waals surface area (Å²) in [6.07, 6.45) is 5.10. The molecule has 3 rings (SSSR count). The third kappa shape index (κ3) is 5.86. The first-order chi connectivity index (χ1) is 15.3. The van der Waals surface area contributed by atoms with E-state index in [4.69, 9.17) is 0 Å². The molecule has 1 heterocycles. The summed E-state index contributed by atoms with van der Waals surface area (Å²) in [4.78, 5) is 28.9. The maximum absolute atomic E-state index is 13.0. The summed E-state index contributed by atoms with van der Waals surface area (Å²) in [5.74, 6) is -0.734. The van der Waals surface area contributed by atoms with Crippen molar-refractivity contribution in [3.8, 4) is 0 Å². The Morgan fingerprint density at radius 2 is 1.81 bits per heavy atom.